The number of methoxy groups -OCH3 is 1. The van der Waals surface area contributed by atoms with E-state index in [-0.39, 0.29) is 18.2 Å². The predicted molar refractivity (Wildman–Crippen MR) is 95.8 cm³/mol. The van der Waals surface area contributed by atoms with Crippen molar-refractivity contribution in [3.8, 4) is 11.1 Å². The lowest BCUT2D eigenvalue weighted by molar-refractivity contribution is -0.150. The van der Waals surface area contributed by atoms with Crippen LogP contribution in [0.15, 0.2) is 42.5 Å². The third kappa shape index (κ3) is 3.82. The number of nitrogen functional groups attached to an aromatic ring is 1. The van der Waals surface area contributed by atoms with Gasteiger partial charge in [0.1, 0.15) is 0 Å². The Morgan fingerprint density at radius 3 is 2.17 bits per heavy atom. The standard InChI is InChI=1S/C20H23NO3/c1-13-11-16(9-10-17(13)21)14-5-7-15(8-6-14)18(22)12-20(2,3)19(23)24-4/h5-11H,12,21H2,1-4H3. The van der Waals surface area contributed by atoms with Crippen molar-refractivity contribution in [2.24, 2.45) is 5.41 Å². The molecule has 4 heteroatoms. The number of aryl methyl sites for hydroxylation is 1. The van der Waals surface area contributed by atoms with E-state index in [0.717, 1.165) is 22.4 Å². The normalized spacial score (nSPS) is 11.2. The molecule has 0 unspecified atom stereocenters. The first-order chi connectivity index (χ1) is 11.2. The van der Waals surface area contributed by atoms with Crippen molar-refractivity contribution in [2.45, 2.75) is 27.2 Å². The van der Waals surface area contributed by atoms with Crippen LogP contribution in [-0.2, 0) is 9.53 Å². The number of esters is 1. The summed E-state index contributed by atoms with van der Waals surface area (Å²) in [7, 11) is 1.33. The molecule has 2 N–H and O–H groups in total. The number of carbonyl (C=O) groups is 2. The average Bonchev–Trinajstić information content (AvgIpc) is 2.56. The zero-order valence-electron chi connectivity index (χ0n) is 14.6. The van der Waals surface area contributed by atoms with Gasteiger partial charge < -0.3 is 10.5 Å². The highest BCUT2D eigenvalue weighted by Crippen LogP contribution is 2.27. The Kier molecular flexibility index (Phi) is 5.07. The number of anilines is 1. The number of rotatable bonds is 5. The molecule has 0 heterocycles. The van der Waals surface area contributed by atoms with E-state index in [0.29, 0.717) is 5.56 Å². The van der Waals surface area contributed by atoms with Gasteiger partial charge in [0, 0.05) is 17.7 Å². The highest BCUT2D eigenvalue weighted by molar-refractivity contribution is 5.99. The van der Waals surface area contributed by atoms with E-state index in [1.165, 1.54) is 7.11 Å². The van der Waals surface area contributed by atoms with Crippen molar-refractivity contribution in [3.63, 3.8) is 0 Å². The van der Waals surface area contributed by atoms with Gasteiger partial charge in [-0.1, -0.05) is 30.3 Å². The number of carbonyl (C=O) groups excluding carboxylic acids is 2. The van der Waals surface area contributed by atoms with Crippen molar-refractivity contribution < 1.29 is 14.3 Å². The summed E-state index contributed by atoms with van der Waals surface area (Å²) in [5.41, 5.74) is 9.44. The number of Topliss-reactive ketones (excluding diaryl/α,β-unsaturated/α-hetero) is 1. The molecule has 2 aromatic rings. The number of benzene rings is 2. The molecule has 0 amide bonds. The second-order valence-corrected chi connectivity index (χ2v) is 6.62. The van der Waals surface area contributed by atoms with Crippen LogP contribution < -0.4 is 5.73 Å². The van der Waals surface area contributed by atoms with Crippen LogP contribution in [-0.4, -0.2) is 18.9 Å². The van der Waals surface area contributed by atoms with E-state index in [1.807, 2.05) is 37.3 Å². The maximum Gasteiger partial charge on any atom is 0.311 e. The van der Waals surface area contributed by atoms with E-state index in [4.69, 9.17) is 10.5 Å². The Bertz CT molecular complexity index is 761. The average molecular weight is 325 g/mol. The lowest BCUT2D eigenvalue weighted by Crippen LogP contribution is -2.28. The van der Waals surface area contributed by atoms with Gasteiger partial charge in [-0.05, 0) is 49.6 Å². The summed E-state index contributed by atoms with van der Waals surface area (Å²) in [6, 6.07) is 13.2. The van der Waals surface area contributed by atoms with Gasteiger partial charge in [0.05, 0.1) is 12.5 Å². The number of ether oxygens (including phenoxy) is 1. The zero-order valence-corrected chi connectivity index (χ0v) is 14.6. The van der Waals surface area contributed by atoms with Crippen LogP contribution >= 0.6 is 0 Å². The van der Waals surface area contributed by atoms with Crippen LogP contribution in [0.1, 0.15) is 36.2 Å². The fourth-order valence-electron chi connectivity index (χ4n) is 2.56. The van der Waals surface area contributed by atoms with Crippen LogP contribution in [0.5, 0.6) is 0 Å². The fourth-order valence-corrected chi connectivity index (χ4v) is 2.56. The van der Waals surface area contributed by atoms with Crippen molar-refractivity contribution in [2.75, 3.05) is 12.8 Å². The summed E-state index contributed by atoms with van der Waals surface area (Å²) in [5, 5.41) is 0. The third-order valence-corrected chi connectivity index (χ3v) is 4.15. The summed E-state index contributed by atoms with van der Waals surface area (Å²) < 4.78 is 4.75. The highest BCUT2D eigenvalue weighted by atomic mass is 16.5. The Morgan fingerprint density at radius 1 is 1.04 bits per heavy atom. The van der Waals surface area contributed by atoms with Crippen LogP contribution in [0.25, 0.3) is 11.1 Å². The minimum absolute atomic E-state index is 0.0783. The number of nitrogens with two attached hydrogens (primary N) is 1. The molecule has 0 aliphatic heterocycles. The van der Waals surface area contributed by atoms with Crippen molar-refractivity contribution in [1.29, 1.82) is 0 Å². The maximum atomic E-state index is 12.4. The summed E-state index contributed by atoms with van der Waals surface area (Å²) in [4.78, 5) is 24.1. The van der Waals surface area contributed by atoms with Crippen molar-refractivity contribution >= 4 is 17.4 Å². The summed E-state index contributed by atoms with van der Waals surface area (Å²) in [6.07, 6.45) is 0.111. The Morgan fingerprint density at radius 2 is 1.62 bits per heavy atom. The highest BCUT2D eigenvalue weighted by Gasteiger charge is 2.31. The first kappa shape index (κ1) is 17.7. The molecular formula is C20H23NO3. The molecule has 0 saturated heterocycles. The van der Waals surface area contributed by atoms with E-state index in [2.05, 4.69) is 0 Å². The molecule has 0 spiro atoms. The number of hydrogen-bond donors (Lipinski definition) is 1. The molecule has 2 rings (SSSR count). The lowest BCUT2D eigenvalue weighted by Gasteiger charge is -2.20. The first-order valence-electron chi connectivity index (χ1n) is 7.83. The quantitative estimate of drug-likeness (QED) is 0.512. The third-order valence-electron chi connectivity index (χ3n) is 4.15. The summed E-state index contributed by atoms with van der Waals surface area (Å²) in [5.74, 6) is -0.463. The molecule has 24 heavy (non-hydrogen) atoms. The topological polar surface area (TPSA) is 69.4 Å². The van der Waals surface area contributed by atoms with Crippen LogP contribution in [0.2, 0.25) is 0 Å². The summed E-state index contributed by atoms with van der Waals surface area (Å²) in [6.45, 7) is 5.39. The molecule has 0 aromatic heterocycles. The first-order valence-corrected chi connectivity index (χ1v) is 7.83. The molecule has 0 aliphatic carbocycles. The fraction of sp³-hybridized carbons (Fsp3) is 0.300. The Labute approximate surface area is 142 Å². The molecule has 0 saturated carbocycles. The lowest BCUT2D eigenvalue weighted by atomic mass is 9.85. The van der Waals surface area contributed by atoms with Gasteiger partial charge in [0.15, 0.2) is 5.78 Å². The molecule has 0 radical (unpaired) electrons. The minimum atomic E-state index is -0.835. The second-order valence-electron chi connectivity index (χ2n) is 6.62. The van der Waals surface area contributed by atoms with E-state index < -0.39 is 5.41 Å². The van der Waals surface area contributed by atoms with Gasteiger partial charge in [0.2, 0.25) is 0 Å². The molecule has 2 aromatic carbocycles. The van der Waals surface area contributed by atoms with E-state index in [9.17, 15) is 9.59 Å². The smallest absolute Gasteiger partial charge is 0.311 e. The van der Waals surface area contributed by atoms with Gasteiger partial charge in [-0.2, -0.15) is 0 Å². The molecule has 0 fully saturated rings. The van der Waals surface area contributed by atoms with Crippen LogP contribution in [0.4, 0.5) is 5.69 Å². The number of hydrogen-bond acceptors (Lipinski definition) is 4. The molecule has 4 nitrogen and oxygen atoms in total. The molecule has 0 aliphatic rings. The van der Waals surface area contributed by atoms with Crippen molar-refractivity contribution in [1.82, 2.24) is 0 Å². The van der Waals surface area contributed by atoms with E-state index >= 15 is 0 Å². The van der Waals surface area contributed by atoms with E-state index in [1.54, 1.807) is 26.0 Å². The molecule has 0 bridgehead atoms. The zero-order chi connectivity index (χ0) is 17.9. The van der Waals surface area contributed by atoms with Gasteiger partial charge in [-0.3, -0.25) is 9.59 Å². The Balaban J connectivity index is 2.18. The van der Waals surface area contributed by atoms with Gasteiger partial charge in [0.25, 0.3) is 0 Å². The SMILES string of the molecule is COC(=O)C(C)(C)CC(=O)c1ccc(-c2ccc(N)c(C)c2)cc1. The van der Waals surface area contributed by atoms with Gasteiger partial charge in [-0.15, -0.1) is 0 Å². The second kappa shape index (κ2) is 6.87. The minimum Gasteiger partial charge on any atom is -0.469 e. The molecular weight excluding hydrogens is 302 g/mol. The largest absolute Gasteiger partial charge is 0.469 e. The van der Waals surface area contributed by atoms with Gasteiger partial charge >= 0.3 is 5.97 Å². The molecule has 126 valence electrons. The number of ketones is 1. The Hall–Kier alpha value is -2.62. The maximum absolute atomic E-state index is 12.4. The van der Waals surface area contributed by atoms with Crippen LogP contribution in [0, 0.1) is 12.3 Å². The van der Waals surface area contributed by atoms with Gasteiger partial charge in [-0.25, -0.2) is 0 Å². The van der Waals surface area contributed by atoms with Crippen LogP contribution in [0.3, 0.4) is 0 Å². The molecule has 0 atom stereocenters. The van der Waals surface area contributed by atoms with Crippen molar-refractivity contribution in [3.05, 3.63) is 53.6 Å². The summed E-state index contributed by atoms with van der Waals surface area (Å²) >= 11 is 0. The monoisotopic (exact) mass is 325 g/mol. The predicted octanol–water partition coefficient (Wildman–Crippen LogP) is 4.02.